The van der Waals surface area contributed by atoms with E-state index in [-0.39, 0.29) is 0 Å². The van der Waals surface area contributed by atoms with Crippen LogP contribution in [-0.4, -0.2) is 23.0 Å². The van der Waals surface area contributed by atoms with Crippen LogP contribution in [0.1, 0.15) is 20.3 Å². The monoisotopic (exact) mass is 181 g/mol. The average Bonchev–Trinajstić information content (AvgIpc) is 1.46. The molecule has 31 valence electrons. The molecule has 0 heterocycles. The Balaban J connectivity index is 0. The molecule has 2 heteroatoms. The van der Waals surface area contributed by atoms with E-state index in [1.807, 2.05) is 0 Å². The van der Waals surface area contributed by atoms with Gasteiger partial charge in [0.1, 0.15) is 0 Å². The first kappa shape index (κ1) is 9.15. The molecule has 0 atom stereocenters. The molecule has 1 radical (unpaired) electrons. The molecule has 0 saturated heterocycles. The zero-order valence-corrected chi connectivity index (χ0v) is 6.12. The van der Waals surface area contributed by atoms with Crippen LogP contribution in [0, 0.1) is 0 Å². The molecule has 0 saturated carbocycles. The molecule has 0 fully saturated rings. The van der Waals surface area contributed by atoms with Gasteiger partial charge >= 0.3 is 26.0 Å². The minimum absolute atomic E-state index is 0.500. The molecule has 0 N–H and O–H groups in total. The Morgan fingerprint density at radius 1 is 1.40 bits per heavy atom. The fraction of sp³-hybridized carbons (Fsp3) is 1.00. The molecule has 0 spiro atoms. The first-order chi connectivity index (χ1) is 2.41. The summed E-state index contributed by atoms with van der Waals surface area (Å²) in [6.45, 7) is 4.25. The van der Waals surface area contributed by atoms with Crippen molar-refractivity contribution in [1.82, 2.24) is 0 Å². The van der Waals surface area contributed by atoms with E-state index in [4.69, 9.17) is 3.02 Å². The fourth-order valence-electron chi connectivity index (χ4n) is 0. The molecule has 5 heavy (non-hydrogen) atoms. The number of rotatable bonds is 0. The zero-order valence-electron chi connectivity index (χ0n) is 3.56. The summed E-state index contributed by atoms with van der Waals surface area (Å²) in [5.41, 5.74) is 0. The Labute approximate surface area is 46.6 Å². The van der Waals surface area contributed by atoms with E-state index in [0.717, 1.165) is 0 Å². The minimum atomic E-state index is 0.500. The Bertz CT molecular complexity index is 10.9. The Morgan fingerprint density at radius 2 is 1.40 bits per heavy atom. The van der Waals surface area contributed by atoms with Crippen molar-refractivity contribution in [3.63, 3.8) is 0 Å². The zero-order chi connectivity index (χ0) is 4.71. The van der Waals surface area contributed by atoms with E-state index in [1.165, 1.54) is 6.42 Å². The molecule has 0 aliphatic carbocycles. The summed E-state index contributed by atoms with van der Waals surface area (Å²) in [6, 6.07) is 0. The van der Waals surface area contributed by atoms with Crippen LogP contribution in [0.25, 0.3) is 0 Å². The second kappa shape index (κ2) is 23.1. The third-order valence-electron chi connectivity index (χ3n) is 0. The van der Waals surface area contributed by atoms with Gasteiger partial charge in [0.05, 0.1) is 0 Å². The van der Waals surface area contributed by atoms with E-state index >= 15 is 0 Å². The SMILES string of the molecule is CCC.[O]=[Sb]. The Hall–Kier alpha value is 0.618. The molecule has 1 nitrogen and oxygen atoms in total. The van der Waals surface area contributed by atoms with Crippen LogP contribution in [-0.2, 0) is 3.02 Å². The van der Waals surface area contributed by atoms with Gasteiger partial charge in [0.15, 0.2) is 0 Å². The summed E-state index contributed by atoms with van der Waals surface area (Å²) in [4.78, 5) is 0. The van der Waals surface area contributed by atoms with Gasteiger partial charge in [-0.2, -0.15) is 0 Å². The first-order valence-corrected chi connectivity index (χ1v) is 2.64. The van der Waals surface area contributed by atoms with Gasteiger partial charge in [0.2, 0.25) is 0 Å². The Morgan fingerprint density at radius 3 is 1.40 bits per heavy atom. The molecule has 0 amide bonds. The van der Waals surface area contributed by atoms with Crippen LogP contribution in [0.5, 0.6) is 0 Å². The van der Waals surface area contributed by atoms with Gasteiger partial charge in [-0.15, -0.1) is 0 Å². The molecule has 0 aliphatic rings. The molecule has 0 aromatic heterocycles. The van der Waals surface area contributed by atoms with Gasteiger partial charge < -0.3 is 0 Å². The van der Waals surface area contributed by atoms with E-state index in [2.05, 4.69) is 13.8 Å². The van der Waals surface area contributed by atoms with Crippen molar-refractivity contribution < 1.29 is 3.02 Å². The number of hydrogen-bond donors (Lipinski definition) is 0. The third-order valence-corrected chi connectivity index (χ3v) is 0. The van der Waals surface area contributed by atoms with Crippen LogP contribution in [0.15, 0.2) is 0 Å². The molecule has 0 aromatic rings. The van der Waals surface area contributed by atoms with E-state index < -0.39 is 0 Å². The van der Waals surface area contributed by atoms with Crippen molar-refractivity contribution in [2.45, 2.75) is 20.3 Å². The molecular weight excluding hydrogens is 174 g/mol. The first-order valence-electron chi connectivity index (χ1n) is 1.60. The van der Waals surface area contributed by atoms with Gasteiger partial charge in [-0.3, -0.25) is 0 Å². The van der Waals surface area contributed by atoms with Gasteiger partial charge in [0.25, 0.3) is 0 Å². The van der Waals surface area contributed by atoms with Crippen LogP contribution in [0.4, 0.5) is 0 Å². The predicted molar refractivity (Wildman–Crippen MR) is 22.4 cm³/mol. The van der Waals surface area contributed by atoms with Gasteiger partial charge in [0, 0.05) is 0 Å². The summed E-state index contributed by atoms with van der Waals surface area (Å²) >= 11 is 0.500. The maximum absolute atomic E-state index is 8.30. The summed E-state index contributed by atoms with van der Waals surface area (Å²) in [7, 11) is 0. The summed E-state index contributed by atoms with van der Waals surface area (Å²) < 4.78 is 8.30. The topological polar surface area (TPSA) is 17.1 Å². The van der Waals surface area contributed by atoms with Crippen molar-refractivity contribution >= 4 is 23.0 Å². The normalized spacial score (nSPS) is 4.40. The number of hydrogen-bond acceptors (Lipinski definition) is 1. The summed E-state index contributed by atoms with van der Waals surface area (Å²) in [5, 5.41) is 0. The van der Waals surface area contributed by atoms with Crippen LogP contribution >= 0.6 is 0 Å². The quantitative estimate of drug-likeness (QED) is 0.509. The molecular formula is C3H8OSb. The van der Waals surface area contributed by atoms with Crippen molar-refractivity contribution in [2.75, 3.05) is 0 Å². The van der Waals surface area contributed by atoms with Crippen molar-refractivity contribution in [2.24, 2.45) is 0 Å². The van der Waals surface area contributed by atoms with Gasteiger partial charge in [-0.1, -0.05) is 20.3 Å². The van der Waals surface area contributed by atoms with Crippen LogP contribution < -0.4 is 0 Å². The maximum atomic E-state index is 8.30. The van der Waals surface area contributed by atoms with E-state index in [1.54, 1.807) is 0 Å². The van der Waals surface area contributed by atoms with Crippen molar-refractivity contribution in [3.05, 3.63) is 0 Å². The standard InChI is InChI=1S/C3H8.O.Sb/c1-3-2;;/h3H2,1-2H3;;. The molecule has 0 rings (SSSR count). The molecule has 0 unspecified atom stereocenters. The van der Waals surface area contributed by atoms with Gasteiger partial charge in [-0.25, -0.2) is 0 Å². The van der Waals surface area contributed by atoms with Crippen molar-refractivity contribution in [3.8, 4) is 0 Å². The molecule has 0 bridgehead atoms. The second-order valence-corrected chi connectivity index (χ2v) is 0.707. The Kier molecular flexibility index (Phi) is 42.3. The van der Waals surface area contributed by atoms with Crippen LogP contribution in [0.2, 0.25) is 0 Å². The molecule has 0 aliphatic heterocycles. The van der Waals surface area contributed by atoms with Gasteiger partial charge in [-0.05, 0) is 0 Å². The molecule has 0 aromatic carbocycles. The fourth-order valence-corrected chi connectivity index (χ4v) is 0. The summed E-state index contributed by atoms with van der Waals surface area (Å²) in [5.74, 6) is 0. The van der Waals surface area contributed by atoms with E-state index in [0.29, 0.717) is 23.0 Å². The third kappa shape index (κ3) is 82.8. The van der Waals surface area contributed by atoms with Crippen LogP contribution in [0.3, 0.4) is 0 Å². The predicted octanol–water partition coefficient (Wildman–Crippen LogP) is 0.917. The van der Waals surface area contributed by atoms with E-state index in [9.17, 15) is 0 Å². The second-order valence-electron chi connectivity index (χ2n) is 0.707. The average molecular weight is 182 g/mol. The summed E-state index contributed by atoms with van der Waals surface area (Å²) in [6.07, 6.45) is 1.25. The van der Waals surface area contributed by atoms with Crippen molar-refractivity contribution in [1.29, 1.82) is 0 Å².